The van der Waals surface area contributed by atoms with Crippen LogP contribution in [0.3, 0.4) is 0 Å². The molecule has 0 spiro atoms. The summed E-state index contributed by atoms with van der Waals surface area (Å²) in [7, 11) is 0. The van der Waals surface area contributed by atoms with Crippen LogP contribution in [-0.2, 0) is 17.6 Å². The number of fused-ring (bicyclic) bond motifs is 1. The van der Waals surface area contributed by atoms with E-state index in [0.717, 1.165) is 41.2 Å². The summed E-state index contributed by atoms with van der Waals surface area (Å²) in [5.41, 5.74) is 6.90. The third kappa shape index (κ3) is 4.38. The van der Waals surface area contributed by atoms with Crippen LogP contribution in [0, 0.1) is 12.3 Å². The first kappa shape index (κ1) is 20.4. The Labute approximate surface area is 167 Å². The van der Waals surface area contributed by atoms with E-state index < -0.39 is 0 Å². The van der Waals surface area contributed by atoms with Crippen molar-refractivity contribution in [2.24, 2.45) is 5.41 Å². The van der Waals surface area contributed by atoms with Crippen LogP contribution < -0.4 is 0 Å². The van der Waals surface area contributed by atoms with Gasteiger partial charge in [0.1, 0.15) is 5.69 Å². The fraction of sp³-hybridized carbons (Fsp3) is 0.545. The molecule has 1 aliphatic carbocycles. The summed E-state index contributed by atoms with van der Waals surface area (Å²) in [6.07, 6.45) is 6.90. The van der Waals surface area contributed by atoms with E-state index >= 15 is 0 Å². The number of nitrogens with zero attached hydrogens (tertiary/aromatic N) is 2. The number of rotatable bonds is 6. The molecule has 2 aromatic rings. The molecule has 6 nitrogen and oxygen atoms in total. The topological polar surface area (TPSA) is 85.0 Å². The van der Waals surface area contributed by atoms with E-state index in [2.05, 4.69) is 55.0 Å². The Kier molecular flexibility index (Phi) is 5.79. The molecule has 1 unspecified atom stereocenters. The van der Waals surface area contributed by atoms with E-state index in [0.29, 0.717) is 13.0 Å². The summed E-state index contributed by atoms with van der Waals surface area (Å²) in [5.74, 6) is -0.0219. The fourth-order valence-electron chi connectivity index (χ4n) is 3.81. The maximum Gasteiger partial charge on any atom is 0.220 e. The highest BCUT2D eigenvalue weighted by atomic mass is 16.3. The number of carbonyl (C=O) groups excluding carboxylic acids is 1. The molecule has 2 aromatic heterocycles. The monoisotopic (exact) mass is 384 g/mol. The van der Waals surface area contributed by atoms with E-state index in [4.69, 9.17) is 0 Å². The third-order valence-electron chi connectivity index (χ3n) is 5.44. The highest BCUT2D eigenvalue weighted by Gasteiger charge is 2.25. The van der Waals surface area contributed by atoms with Crippen LogP contribution >= 0.6 is 0 Å². The van der Waals surface area contributed by atoms with Crippen LogP contribution in [0.15, 0.2) is 12.1 Å². The molecule has 2 heterocycles. The Morgan fingerprint density at radius 2 is 2.14 bits per heavy atom. The van der Waals surface area contributed by atoms with E-state index in [-0.39, 0.29) is 24.0 Å². The number of hydrogen-bond donors (Lipinski definition) is 3. The van der Waals surface area contributed by atoms with E-state index in [1.54, 1.807) is 11.8 Å². The smallest absolute Gasteiger partial charge is 0.220 e. The molecule has 0 aliphatic heterocycles. The third-order valence-corrected chi connectivity index (χ3v) is 5.44. The summed E-state index contributed by atoms with van der Waals surface area (Å²) in [5, 5.41) is 17.0. The van der Waals surface area contributed by atoms with Gasteiger partial charge in [-0.25, -0.2) is 0 Å². The minimum atomic E-state index is -0.0371. The van der Waals surface area contributed by atoms with Crippen molar-refractivity contribution in [3.63, 3.8) is 0 Å². The molecule has 28 heavy (non-hydrogen) atoms. The van der Waals surface area contributed by atoms with Gasteiger partial charge in [-0.1, -0.05) is 32.9 Å². The Morgan fingerprint density at radius 3 is 2.79 bits per heavy atom. The normalized spacial score (nSPS) is 16.3. The first-order valence-electron chi connectivity index (χ1n) is 10.0. The molecule has 1 amide bonds. The van der Waals surface area contributed by atoms with Gasteiger partial charge in [-0.3, -0.25) is 9.89 Å². The van der Waals surface area contributed by atoms with Crippen molar-refractivity contribution in [2.75, 3.05) is 13.2 Å². The van der Waals surface area contributed by atoms with Crippen LogP contribution in [0.1, 0.15) is 56.6 Å². The second kappa shape index (κ2) is 7.95. The van der Waals surface area contributed by atoms with Gasteiger partial charge >= 0.3 is 0 Å². The fourth-order valence-corrected chi connectivity index (χ4v) is 3.81. The second-order valence-corrected chi connectivity index (χ2v) is 8.92. The molecule has 1 aliphatic rings. The van der Waals surface area contributed by atoms with Gasteiger partial charge in [0.15, 0.2) is 0 Å². The number of aromatic nitrogens is 3. The molecule has 0 radical (unpaired) electrons. The van der Waals surface area contributed by atoms with Gasteiger partial charge in [-0.15, -0.1) is 0 Å². The minimum Gasteiger partial charge on any atom is -0.395 e. The van der Waals surface area contributed by atoms with Crippen molar-refractivity contribution >= 4 is 12.0 Å². The summed E-state index contributed by atoms with van der Waals surface area (Å²) in [6.45, 7) is 10.7. The van der Waals surface area contributed by atoms with Gasteiger partial charge in [0.05, 0.1) is 18.3 Å². The molecule has 3 rings (SSSR count). The summed E-state index contributed by atoms with van der Waals surface area (Å²) in [6, 6.07) is 2.10. The molecule has 152 valence electrons. The lowest BCUT2D eigenvalue weighted by Gasteiger charge is -2.30. The highest BCUT2D eigenvalue weighted by Crippen LogP contribution is 2.32. The zero-order chi connectivity index (χ0) is 20.5. The van der Waals surface area contributed by atoms with Crippen LogP contribution in [-0.4, -0.2) is 50.3 Å². The molecular formula is C22H32N4O2. The number of aryl methyl sites for hydroxylation is 1. The van der Waals surface area contributed by atoms with Gasteiger partial charge in [0.2, 0.25) is 5.91 Å². The van der Waals surface area contributed by atoms with Crippen molar-refractivity contribution < 1.29 is 9.90 Å². The Morgan fingerprint density at radius 1 is 1.39 bits per heavy atom. The van der Waals surface area contributed by atoms with Gasteiger partial charge in [0, 0.05) is 36.8 Å². The van der Waals surface area contributed by atoms with E-state index in [1.165, 1.54) is 5.56 Å². The molecule has 0 saturated heterocycles. The van der Waals surface area contributed by atoms with Crippen molar-refractivity contribution in [1.82, 2.24) is 20.1 Å². The molecule has 6 heteroatoms. The lowest BCUT2D eigenvalue weighted by atomic mass is 9.88. The Hall–Kier alpha value is -2.34. The van der Waals surface area contributed by atoms with Crippen LogP contribution in [0.4, 0.5) is 0 Å². The van der Waals surface area contributed by atoms with Crippen molar-refractivity contribution in [2.45, 2.75) is 59.9 Å². The van der Waals surface area contributed by atoms with Crippen LogP contribution in [0.5, 0.6) is 0 Å². The Balaban J connectivity index is 1.84. The number of nitrogens with one attached hydrogen (secondary N) is 2. The minimum absolute atomic E-state index is 0.0219. The predicted molar refractivity (Wildman–Crippen MR) is 112 cm³/mol. The number of hydrogen-bond acceptors (Lipinski definition) is 3. The molecule has 0 aromatic carbocycles. The number of carbonyl (C=O) groups is 1. The molecule has 0 saturated carbocycles. The van der Waals surface area contributed by atoms with Crippen LogP contribution in [0.2, 0.25) is 0 Å². The summed E-state index contributed by atoms with van der Waals surface area (Å²) in [4.78, 5) is 17.2. The van der Waals surface area contributed by atoms with Crippen molar-refractivity contribution in [3.05, 3.63) is 34.7 Å². The van der Waals surface area contributed by atoms with Gasteiger partial charge in [-0.2, -0.15) is 5.10 Å². The number of aliphatic hydroxyl groups is 1. The van der Waals surface area contributed by atoms with Gasteiger partial charge < -0.3 is 15.0 Å². The average Bonchev–Trinajstić information content (AvgIpc) is 3.19. The molecule has 3 N–H and O–H groups in total. The molecule has 1 atom stereocenters. The van der Waals surface area contributed by atoms with Crippen LogP contribution in [0.25, 0.3) is 17.5 Å². The summed E-state index contributed by atoms with van der Waals surface area (Å²) >= 11 is 0. The maximum absolute atomic E-state index is 11.9. The number of aliphatic hydroxyl groups excluding tert-OH is 1. The van der Waals surface area contributed by atoms with Gasteiger partial charge in [0.25, 0.3) is 0 Å². The lowest BCUT2D eigenvalue weighted by molar-refractivity contribution is -0.130. The molecule has 0 fully saturated rings. The highest BCUT2D eigenvalue weighted by molar-refractivity contribution is 5.75. The lowest BCUT2D eigenvalue weighted by Crippen LogP contribution is -2.41. The predicted octanol–water partition coefficient (Wildman–Crippen LogP) is 3.47. The van der Waals surface area contributed by atoms with Crippen molar-refractivity contribution in [1.29, 1.82) is 0 Å². The average molecular weight is 385 g/mol. The maximum atomic E-state index is 11.9. The van der Waals surface area contributed by atoms with E-state index in [9.17, 15) is 9.90 Å². The Bertz CT molecular complexity index is 870. The first-order chi connectivity index (χ1) is 13.2. The number of H-pyrrole nitrogens is 2. The number of amides is 1. The second-order valence-electron chi connectivity index (χ2n) is 8.92. The number of aromatic amines is 2. The SMILES string of the molecule is CC(=O)N(CCO)C1C=Cc2cc(-c3n[nH]c(C)c3CCC(C)(C)C)[nH]c2C1. The van der Waals surface area contributed by atoms with Gasteiger partial charge in [-0.05, 0) is 36.8 Å². The summed E-state index contributed by atoms with van der Waals surface area (Å²) < 4.78 is 0. The van der Waals surface area contributed by atoms with Crippen molar-refractivity contribution in [3.8, 4) is 11.4 Å². The standard InChI is InChI=1S/C22H32N4O2/c1-14-18(8-9-22(3,4)5)21(25-24-14)20-12-16-6-7-17(13-19(16)23-20)26(10-11-27)15(2)28/h6-7,12,17,23,27H,8-11,13H2,1-5H3,(H,24,25). The quantitative estimate of drug-likeness (QED) is 0.713. The largest absolute Gasteiger partial charge is 0.395 e. The zero-order valence-corrected chi connectivity index (χ0v) is 17.6. The zero-order valence-electron chi connectivity index (χ0n) is 17.6. The molecule has 0 bridgehead atoms. The van der Waals surface area contributed by atoms with E-state index in [1.807, 2.05) is 6.08 Å². The first-order valence-corrected chi connectivity index (χ1v) is 10.0. The molecular weight excluding hydrogens is 352 g/mol.